The van der Waals surface area contributed by atoms with Crippen molar-refractivity contribution in [3.63, 3.8) is 0 Å². The van der Waals surface area contributed by atoms with E-state index < -0.39 is 12.1 Å². The lowest BCUT2D eigenvalue weighted by atomic mass is 9.96. The minimum absolute atomic E-state index is 0.0305. The second-order valence-corrected chi connectivity index (χ2v) is 9.16. The van der Waals surface area contributed by atoms with Crippen molar-refractivity contribution in [3.8, 4) is 6.07 Å². The van der Waals surface area contributed by atoms with Crippen LogP contribution in [0.3, 0.4) is 0 Å². The average Bonchev–Trinajstić information content (AvgIpc) is 3.66. The number of guanidine groups is 1. The van der Waals surface area contributed by atoms with Crippen molar-refractivity contribution >= 4 is 64.8 Å². The molecule has 1 unspecified atom stereocenters. The van der Waals surface area contributed by atoms with Crippen molar-refractivity contribution in [2.75, 3.05) is 7.05 Å². The Morgan fingerprint density at radius 1 is 1.22 bits per heavy atom. The van der Waals surface area contributed by atoms with Crippen molar-refractivity contribution in [3.05, 3.63) is 68.2 Å². The second kappa shape index (κ2) is 11.3. The number of hydrogen-bond donors (Lipinski definition) is 1. The predicted octanol–water partition coefficient (Wildman–Crippen LogP) is 6.72. The molecule has 188 valence electrons. The first kappa shape index (κ1) is 27.5. The third kappa shape index (κ3) is 6.78. The Balaban J connectivity index is 1.81. The molecule has 0 bridgehead atoms. The normalized spacial score (nSPS) is 15.3. The zero-order valence-corrected chi connectivity index (χ0v) is 21.0. The van der Waals surface area contributed by atoms with Gasteiger partial charge in [0.1, 0.15) is 12.4 Å². The Bertz CT molecular complexity index is 1270. The summed E-state index contributed by atoms with van der Waals surface area (Å²) < 4.78 is 41.3. The lowest BCUT2D eigenvalue weighted by Crippen LogP contribution is -2.39. The Kier molecular flexibility index (Phi) is 8.67. The van der Waals surface area contributed by atoms with E-state index in [9.17, 15) is 23.2 Å². The number of hydrogen-bond acceptors (Lipinski definition) is 3. The van der Waals surface area contributed by atoms with Crippen LogP contribution in [0.2, 0.25) is 15.1 Å². The Morgan fingerprint density at radius 2 is 1.86 bits per heavy atom. The Hall–Kier alpha value is -3.06. The number of benzene rings is 2. The number of aliphatic imine (C=N–C) groups is 2. The lowest BCUT2D eigenvalue weighted by molar-refractivity contribution is -0.139. The SMILES string of the molecule is CN(C(=O)C1CC1)C(N)=NC=Nc1ccc(/C=C/C(c2cc(Cl)c(Cl)c(Cl)c2)C(F)(F)F)cc1C#N. The maximum Gasteiger partial charge on any atom is 0.399 e. The van der Waals surface area contributed by atoms with Gasteiger partial charge in [-0.15, -0.1) is 0 Å². The van der Waals surface area contributed by atoms with Gasteiger partial charge < -0.3 is 5.73 Å². The molecule has 2 aromatic rings. The highest BCUT2D eigenvalue weighted by molar-refractivity contribution is 6.48. The van der Waals surface area contributed by atoms with Crippen LogP contribution in [0.1, 0.15) is 35.4 Å². The monoisotopic (exact) mass is 555 g/mol. The van der Waals surface area contributed by atoms with Crippen LogP contribution in [-0.2, 0) is 4.79 Å². The molecule has 1 atom stereocenters. The van der Waals surface area contributed by atoms with Crippen LogP contribution in [-0.4, -0.2) is 36.3 Å². The third-order valence-corrected chi connectivity index (χ3v) is 6.52. The summed E-state index contributed by atoms with van der Waals surface area (Å²) in [5, 5.41) is 9.25. The van der Waals surface area contributed by atoms with Gasteiger partial charge in [-0.2, -0.15) is 18.4 Å². The highest BCUT2D eigenvalue weighted by Gasteiger charge is 2.39. The van der Waals surface area contributed by atoms with E-state index in [1.54, 1.807) is 0 Å². The summed E-state index contributed by atoms with van der Waals surface area (Å²) in [6.45, 7) is 0. The molecule has 2 N–H and O–H groups in total. The summed E-state index contributed by atoms with van der Waals surface area (Å²) in [6.07, 6.45) is 0.282. The van der Waals surface area contributed by atoms with Crippen molar-refractivity contribution < 1.29 is 18.0 Å². The molecular formula is C24H19Cl3F3N5O. The molecule has 12 heteroatoms. The van der Waals surface area contributed by atoms with E-state index in [0.29, 0.717) is 5.56 Å². The lowest BCUT2D eigenvalue weighted by Gasteiger charge is -2.18. The molecule has 1 saturated carbocycles. The molecule has 2 aromatic carbocycles. The van der Waals surface area contributed by atoms with Crippen molar-refractivity contribution in [1.29, 1.82) is 5.26 Å². The van der Waals surface area contributed by atoms with Gasteiger partial charge in [0.05, 0.1) is 32.2 Å². The summed E-state index contributed by atoms with van der Waals surface area (Å²) in [7, 11) is 1.51. The molecule has 0 aliphatic heterocycles. The van der Waals surface area contributed by atoms with Crippen LogP contribution >= 0.6 is 34.8 Å². The van der Waals surface area contributed by atoms with E-state index in [2.05, 4.69) is 9.98 Å². The Labute approximate surface area is 220 Å². The fourth-order valence-electron chi connectivity index (χ4n) is 3.18. The van der Waals surface area contributed by atoms with E-state index >= 15 is 0 Å². The number of rotatable bonds is 6. The summed E-state index contributed by atoms with van der Waals surface area (Å²) >= 11 is 17.7. The van der Waals surface area contributed by atoms with Crippen molar-refractivity contribution in [2.24, 2.45) is 21.6 Å². The number of halogens is 6. The van der Waals surface area contributed by atoms with E-state index in [4.69, 9.17) is 40.5 Å². The van der Waals surface area contributed by atoms with Gasteiger partial charge in [-0.1, -0.05) is 53.0 Å². The smallest absolute Gasteiger partial charge is 0.369 e. The van der Waals surface area contributed by atoms with Gasteiger partial charge in [0, 0.05) is 13.0 Å². The molecule has 3 rings (SSSR count). The summed E-state index contributed by atoms with van der Waals surface area (Å²) in [4.78, 5) is 21.2. The molecule has 0 spiro atoms. The minimum Gasteiger partial charge on any atom is -0.369 e. The number of nitriles is 1. The highest BCUT2D eigenvalue weighted by atomic mass is 35.5. The Morgan fingerprint density at radius 3 is 2.42 bits per heavy atom. The first-order valence-corrected chi connectivity index (χ1v) is 11.6. The van der Waals surface area contributed by atoms with Crippen LogP contribution in [0.4, 0.5) is 18.9 Å². The van der Waals surface area contributed by atoms with Gasteiger partial charge in [-0.3, -0.25) is 9.69 Å². The molecule has 0 aromatic heterocycles. The van der Waals surface area contributed by atoms with Gasteiger partial charge in [-0.05, 0) is 48.2 Å². The number of carbonyl (C=O) groups is 1. The summed E-state index contributed by atoms with van der Waals surface area (Å²) in [5.41, 5.74) is 6.28. The van der Waals surface area contributed by atoms with Crippen LogP contribution < -0.4 is 5.73 Å². The average molecular weight is 557 g/mol. The summed E-state index contributed by atoms with van der Waals surface area (Å²) in [6, 6.07) is 8.50. The number of allylic oxidation sites excluding steroid dienone is 1. The molecular weight excluding hydrogens is 538 g/mol. The number of nitrogens with two attached hydrogens (primary N) is 1. The van der Waals surface area contributed by atoms with Gasteiger partial charge in [0.25, 0.3) is 0 Å². The molecule has 0 saturated heterocycles. The highest BCUT2D eigenvalue weighted by Crippen LogP contribution is 2.41. The molecule has 0 heterocycles. The van der Waals surface area contributed by atoms with E-state index in [-0.39, 0.29) is 49.7 Å². The number of nitrogens with zero attached hydrogens (tertiary/aromatic N) is 4. The second-order valence-electron chi connectivity index (χ2n) is 7.97. The predicted molar refractivity (Wildman–Crippen MR) is 136 cm³/mol. The maximum absolute atomic E-state index is 13.8. The summed E-state index contributed by atoms with van der Waals surface area (Å²) in [5.74, 6) is -2.22. The first-order chi connectivity index (χ1) is 16.9. The zero-order valence-electron chi connectivity index (χ0n) is 18.7. The molecule has 1 aliphatic carbocycles. The van der Waals surface area contributed by atoms with Crippen LogP contribution in [0.25, 0.3) is 6.08 Å². The number of carbonyl (C=O) groups excluding carboxylic acids is 1. The zero-order chi connectivity index (χ0) is 26.6. The molecule has 0 radical (unpaired) electrons. The van der Waals surface area contributed by atoms with Gasteiger partial charge in [-0.25, -0.2) is 9.98 Å². The van der Waals surface area contributed by atoms with Gasteiger partial charge in [0.2, 0.25) is 11.9 Å². The van der Waals surface area contributed by atoms with Crippen LogP contribution in [0.15, 0.2) is 46.4 Å². The number of alkyl halides is 3. The van der Waals surface area contributed by atoms with Crippen molar-refractivity contribution in [1.82, 2.24) is 4.90 Å². The first-order valence-electron chi connectivity index (χ1n) is 10.5. The topological polar surface area (TPSA) is 94.8 Å². The van der Waals surface area contributed by atoms with Crippen LogP contribution in [0.5, 0.6) is 0 Å². The van der Waals surface area contributed by atoms with E-state index in [1.165, 1.54) is 36.2 Å². The maximum atomic E-state index is 13.8. The molecule has 1 fully saturated rings. The van der Waals surface area contributed by atoms with Crippen molar-refractivity contribution in [2.45, 2.75) is 24.9 Å². The van der Waals surface area contributed by atoms with E-state index in [1.807, 2.05) is 6.07 Å². The van der Waals surface area contributed by atoms with E-state index in [0.717, 1.165) is 37.4 Å². The molecule has 1 amide bonds. The quantitative estimate of drug-likeness (QED) is 0.243. The third-order valence-electron chi connectivity index (χ3n) is 5.33. The largest absolute Gasteiger partial charge is 0.399 e. The van der Waals surface area contributed by atoms with Crippen LogP contribution in [0, 0.1) is 17.2 Å². The fourth-order valence-corrected chi connectivity index (χ4v) is 3.80. The minimum atomic E-state index is -4.63. The standard InChI is InChI=1S/C24H19Cl3F3N5O/c1-35(22(36)14-4-5-14)23(32)34-12-33-20-7-3-13(8-16(20)11-31)2-6-17(24(28,29)30)15-9-18(25)21(27)19(26)10-15/h2-3,6-10,12,14,17H,4-5H2,1H3,(H2,32,33,34)/b6-2+. The molecule has 36 heavy (non-hydrogen) atoms. The van der Waals surface area contributed by atoms with Gasteiger partial charge >= 0.3 is 6.18 Å². The number of amides is 1. The fraction of sp³-hybridized carbons (Fsp3) is 0.250. The molecule has 6 nitrogen and oxygen atoms in total. The molecule has 1 aliphatic rings. The van der Waals surface area contributed by atoms with Gasteiger partial charge in [0.15, 0.2) is 0 Å².